The van der Waals surface area contributed by atoms with Gasteiger partial charge in [0.25, 0.3) is 5.91 Å². The number of carbonyl (C=O) groups is 1. The first kappa shape index (κ1) is 19.6. The van der Waals surface area contributed by atoms with E-state index in [0.717, 1.165) is 30.0 Å². The third kappa shape index (κ3) is 2.97. The number of aromatic nitrogens is 2. The molecular formula is C23H24FN5O2. The number of halogens is 1. The number of likely N-dealkylation sites (N-methyl/N-ethyl adjacent to an activating group) is 1. The van der Waals surface area contributed by atoms with Crippen molar-refractivity contribution in [1.29, 1.82) is 0 Å². The van der Waals surface area contributed by atoms with Crippen LogP contribution in [0.1, 0.15) is 21.6 Å². The number of hydrogen-bond donors (Lipinski definition) is 3. The Morgan fingerprint density at radius 3 is 2.84 bits per heavy atom. The van der Waals surface area contributed by atoms with Crippen molar-refractivity contribution in [3.63, 3.8) is 0 Å². The summed E-state index contributed by atoms with van der Waals surface area (Å²) < 4.78 is 19.8. The Bertz CT molecular complexity index is 1180. The van der Waals surface area contributed by atoms with Crippen LogP contribution in [0.15, 0.2) is 36.7 Å². The summed E-state index contributed by atoms with van der Waals surface area (Å²) in [7, 11) is 3.65. The molecule has 2 aliphatic rings. The molecular weight excluding hydrogens is 397 g/mol. The number of benzene rings is 1. The second-order valence-corrected chi connectivity index (χ2v) is 8.37. The van der Waals surface area contributed by atoms with E-state index in [1.807, 2.05) is 6.07 Å². The van der Waals surface area contributed by atoms with Gasteiger partial charge in [-0.05, 0) is 32.2 Å². The molecule has 1 spiro atoms. The van der Waals surface area contributed by atoms with E-state index in [1.54, 1.807) is 38.6 Å². The van der Waals surface area contributed by atoms with Gasteiger partial charge in [-0.2, -0.15) is 0 Å². The zero-order valence-electron chi connectivity index (χ0n) is 17.7. The van der Waals surface area contributed by atoms with Crippen LogP contribution in [0, 0.1) is 12.7 Å². The number of anilines is 2. The number of nitrogens with one attached hydrogen (secondary N) is 3. The summed E-state index contributed by atoms with van der Waals surface area (Å²) in [6.45, 7) is 3.97. The summed E-state index contributed by atoms with van der Waals surface area (Å²) in [5, 5.41) is 6.40. The first-order valence-electron chi connectivity index (χ1n) is 10.2. The highest BCUT2D eigenvalue weighted by molar-refractivity contribution is 6.07. The van der Waals surface area contributed by atoms with Gasteiger partial charge < -0.3 is 25.3 Å². The Labute approximate surface area is 179 Å². The number of hydrogen-bond acceptors (Lipinski definition) is 5. The Balaban J connectivity index is 1.74. The minimum absolute atomic E-state index is 0.151. The lowest BCUT2D eigenvalue weighted by Crippen LogP contribution is -2.65. The number of pyridine rings is 1. The first-order valence-corrected chi connectivity index (χ1v) is 10.2. The lowest BCUT2D eigenvalue weighted by Gasteiger charge is -2.50. The maximum absolute atomic E-state index is 14.2. The summed E-state index contributed by atoms with van der Waals surface area (Å²) in [5.74, 6) is 0.126. The van der Waals surface area contributed by atoms with Crippen LogP contribution in [-0.2, 0) is 5.41 Å². The topological polar surface area (TPSA) is 82.3 Å². The van der Waals surface area contributed by atoms with Gasteiger partial charge in [0.05, 0.1) is 35.7 Å². The Kier molecular flexibility index (Phi) is 4.48. The van der Waals surface area contributed by atoms with Gasteiger partial charge >= 0.3 is 0 Å². The van der Waals surface area contributed by atoms with Gasteiger partial charge in [-0.15, -0.1) is 0 Å². The van der Waals surface area contributed by atoms with E-state index in [1.165, 1.54) is 6.07 Å². The SMILES string of the molecule is COc1cnccc1-c1[nH]c2c(c1Nc1cccc(F)c1C)C(=O)NCC21CN(C)C1. The van der Waals surface area contributed by atoms with Gasteiger partial charge in [0.2, 0.25) is 0 Å². The molecule has 0 bridgehead atoms. The van der Waals surface area contributed by atoms with Crippen LogP contribution >= 0.6 is 0 Å². The van der Waals surface area contributed by atoms with Crippen LogP contribution in [0.2, 0.25) is 0 Å². The molecule has 3 aromatic rings. The zero-order valence-corrected chi connectivity index (χ0v) is 17.7. The van der Waals surface area contributed by atoms with E-state index in [-0.39, 0.29) is 17.1 Å². The predicted octanol–water partition coefficient (Wildman–Crippen LogP) is 3.20. The van der Waals surface area contributed by atoms with Crippen LogP contribution in [0.4, 0.5) is 15.8 Å². The number of aromatic amines is 1. The maximum Gasteiger partial charge on any atom is 0.255 e. The number of rotatable bonds is 4. The van der Waals surface area contributed by atoms with Crippen molar-refractivity contribution < 1.29 is 13.9 Å². The number of carbonyl (C=O) groups excluding carboxylic acids is 1. The molecule has 0 aliphatic carbocycles. The molecule has 1 amide bonds. The molecule has 1 aromatic carbocycles. The monoisotopic (exact) mass is 421 g/mol. The van der Waals surface area contributed by atoms with Crippen LogP contribution in [0.5, 0.6) is 5.75 Å². The predicted molar refractivity (Wildman–Crippen MR) is 117 cm³/mol. The molecule has 0 atom stereocenters. The normalized spacial score (nSPS) is 17.1. The molecule has 4 heterocycles. The fraction of sp³-hybridized carbons (Fsp3) is 0.304. The average Bonchev–Trinajstić information content (AvgIpc) is 3.13. The molecule has 160 valence electrons. The Hall–Kier alpha value is -3.39. The largest absolute Gasteiger partial charge is 0.494 e. The molecule has 1 saturated heterocycles. The molecule has 0 radical (unpaired) electrons. The first-order chi connectivity index (χ1) is 14.9. The summed E-state index contributed by atoms with van der Waals surface area (Å²) >= 11 is 0. The molecule has 8 heteroatoms. The molecule has 0 saturated carbocycles. The summed E-state index contributed by atoms with van der Waals surface area (Å²) in [5.41, 5.74) is 4.49. The number of ether oxygens (including phenoxy) is 1. The Morgan fingerprint density at radius 1 is 1.29 bits per heavy atom. The van der Waals surface area contributed by atoms with Gasteiger partial charge in [-0.25, -0.2) is 4.39 Å². The van der Waals surface area contributed by atoms with Crippen molar-refractivity contribution >= 4 is 17.3 Å². The molecule has 5 rings (SSSR count). The minimum Gasteiger partial charge on any atom is -0.494 e. The van der Waals surface area contributed by atoms with E-state index in [9.17, 15) is 9.18 Å². The van der Waals surface area contributed by atoms with Crippen molar-refractivity contribution in [3.8, 4) is 17.0 Å². The summed E-state index contributed by atoms with van der Waals surface area (Å²) in [4.78, 5) is 23.0. The lowest BCUT2D eigenvalue weighted by atomic mass is 9.73. The summed E-state index contributed by atoms with van der Waals surface area (Å²) in [6, 6.07) is 6.72. The third-order valence-corrected chi connectivity index (χ3v) is 6.29. The average molecular weight is 421 g/mol. The van der Waals surface area contributed by atoms with Gasteiger partial charge in [-0.3, -0.25) is 9.78 Å². The smallest absolute Gasteiger partial charge is 0.255 e. The molecule has 3 N–H and O–H groups in total. The van der Waals surface area contributed by atoms with Gasteiger partial charge in [-0.1, -0.05) is 6.07 Å². The van der Waals surface area contributed by atoms with Gasteiger partial charge in [0.1, 0.15) is 11.6 Å². The number of fused-ring (bicyclic) bond motifs is 2. The van der Waals surface area contributed by atoms with Crippen LogP contribution in [0.25, 0.3) is 11.3 Å². The van der Waals surface area contributed by atoms with Crippen molar-refractivity contribution in [2.24, 2.45) is 0 Å². The maximum atomic E-state index is 14.2. The third-order valence-electron chi connectivity index (χ3n) is 6.29. The lowest BCUT2D eigenvalue weighted by molar-refractivity contribution is 0.0690. The van der Waals surface area contributed by atoms with Crippen LogP contribution in [-0.4, -0.2) is 54.6 Å². The number of H-pyrrole nitrogens is 1. The highest BCUT2D eigenvalue weighted by Gasteiger charge is 2.50. The second-order valence-electron chi connectivity index (χ2n) is 8.37. The number of nitrogens with zero attached hydrogens (tertiary/aromatic N) is 2. The highest BCUT2D eigenvalue weighted by Crippen LogP contribution is 2.46. The Morgan fingerprint density at radius 2 is 2.10 bits per heavy atom. The fourth-order valence-electron chi connectivity index (χ4n) is 4.76. The standard InChI is InChI=1S/C23H24FN5O2/c1-13-15(24)5-4-6-16(13)27-20-18-21(23(10-26-22(18)30)11-29(2)12-23)28-19(20)14-7-8-25-9-17(14)31-3/h4-9,27-28H,10-12H2,1-3H3,(H,26,30). The van der Waals surface area contributed by atoms with E-state index >= 15 is 0 Å². The zero-order chi connectivity index (χ0) is 21.8. The van der Waals surface area contributed by atoms with Crippen molar-refractivity contribution in [1.82, 2.24) is 20.2 Å². The van der Waals surface area contributed by atoms with Crippen LogP contribution in [0.3, 0.4) is 0 Å². The van der Waals surface area contributed by atoms with Crippen molar-refractivity contribution in [3.05, 3.63) is 59.3 Å². The molecule has 7 nitrogen and oxygen atoms in total. The van der Waals surface area contributed by atoms with E-state index < -0.39 is 0 Å². The quantitative estimate of drug-likeness (QED) is 0.603. The van der Waals surface area contributed by atoms with Crippen molar-refractivity contribution in [2.75, 3.05) is 39.1 Å². The van der Waals surface area contributed by atoms with Gasteiger partial charge in [0.15, 0.2) is 0 Å². The fourth-order valence-corrected chi connectivity index (χ4v) is 4.76. The summed E-state index contributed by atoms with van der Waals surface area (Å²) in [6.07, 6.45) is 3.32. The molecule has 0 unspecified atom stereocenters. The number of amides is 1. The van der Waals surface area contributed by atoms with Crippen LogP contribution < -0.4 is 15.4 Å². The second kappa shape index (κ2) is 7.09. The van der Waals surface area contributed by atoms with E-state index in [2.05, 4.69) is 32.5 Å². The molecule has 1 fully saturated rings. The minimum atomic E-state index is -0.306. The molecule has 2 aromatic heterocycles. The molecule has 31 heavy (non-hydrogen) atoms. The molecule has 2 aliphatic heterocycles. The van der Waals surface area contributed by atoms with Crippen molar-refractivity contribution in [2.45, 2.75) is 12.3 Å². The highest BCUT2D eigenvalue weighted by atomic mass is 19.1. The van der Waals surface area contributed by atoms with E-state index in [0.29, 0.717) is 34.8 Å². The number of methoxy groups -OCH3 is 1. The van der Waals surface area contributed by atoms with E-state index in [4.69, 9.17) is 4.74 Å². The van der Waals surface area contributed by atoms with Gasteiger partial charge in [0, 0.05) is 48.3 Å². The number of likely N-dealkylation sites (tertiary alicyclic amines) is 1.